The first-order valence-corrected chi connectivity index (χ1v) is 11.4. The van der Waals surface area contributed by atoms with Crippen molar-refractivity contribution < 1.29 is 14.1 Å². The Hall–Kier alpha value is -2.54. The van der Waals surface area contributed by atoms with Crippen LogP contribution in [0, 0.1) is 6.92 Å². The van der Waals surface area contributed by atoms with Gasteiger partial charge in [0, 0.05) is 30.1 Å². The van der Waals surface area contributed by atoms with Crippen LogP contribution in [0.1, 0.15) is 24.0 Å². The van der Waals surface area contributed by atoms with Gasteiger partial charge in [0.2, 0.25) is 0 Å². The van der Waals surface area contributed by atoms with Crippen molar-refractivity contribution in [2.24, 2.45) is 0 Å². The van der Waals surface area contributed by atoms with E-state index in [1.165, 1.54) is 5.56 Å². The molecule has 154 valence electrons. The van der Waals surface area contributed by atoms with Crippen molar-refractivity contribution in [3.8, 4) is 0 Å². The molecule has 0 spiro atoms. The third-order valence-electron chi connectivity index (χ3n) is 6.11. The summed E-state index contributed by atoms with van der Waals surface area (Å²) in [6.07, 6.45) is 1.25. The van der Waals surface area contributed by atoms with Gasteiger partial charge in [-0.05, 0) is 48.9 Å². The molecule has 5 nitrogen and oxygen atoms in total. The van der Waals surface area contributed by atoms with Crippen molar-refractivity contribution in [1.82, 2.24) is 4.31 Å². The zero-order valence-electron chi connectivity index (χ0n) is 16.9. The molecule has 0 N–H and O–H groups in total. The second-order valence-corrected chi connectivity index (χ2v) is 9.34. The predicted molar refractivity (Wildman–Crippen MR) is 119 cm³/mol. The first kappa shape index (κ1) is 19.4. The van der Waals surface area contributed by atoms with E-state index in [1.807, 2.05) is 58.9 Å². The van der Waals surface area contributed by atoms with Gasteiger partial charge in [-0.15, -0.1) is 4.31 Å². The van der Waals surface area contributed by atoms with Crippen molar-refractivity contribution in [1.29, 1.82) is 0 Å². The molecule has 1 unspecified atom stereocenters. The first-order chi connectivity index (χ1) is 14.6. The van der Waals surface area contributed by atoms with Crippen molar-refractivity contribution in [3.05, 3.63) is 71.8 Å². The summed E-state index contributed by atoms with van der Waals surface area (Å²) < 4.78 is 20.8. The number of fused-ring (bicyclic) bond motifs is 2. The van der Waals surface area contributed by atoms with E-state index in [2.05, 4.69) is 13.0 Å². The predicted octanol–water partition coefficient (Wildman–Crippen LogP) is 4.79. The van der Waals surface area contributed by atoms with Crippen LogP contribution in [0.5, 0.6) is 0 Å². The highest BCUT2D eigenvalue weighted by Gasteiger charge is 2.37. The van der Waals surface area contributed by atoms with E-state index in [0.717, 1.165) is 39.8 Å². The van der Waals surface area contributed by atoms with E-state index in [1.54, 1.807) is 4.90 Å². The summed E-state index contributed by atoms with van der Waals surface area (Å²) in [6.45, 7) is 3.75. The van der Waals surface area contributed by atoms with E-state index in [-0.39, 0.29) is 12.1 Å². The van der Waals surface area contributed by atoms with Crippen molar-refractivity contribution >= 4 is 33.9 Å². The zero-order chi connectivity index (χ0) is 20.7. The van der Waals surface area contributed by atoms with E-state index in [4.69, 9.17) is 4.74 Å². The van der Waals surface area contributed by atoms with E-state index in [9.17, 15) is 9.35 Å². The number of aryl methyl sites for hydroxylation is 1. The second-order valence-electron chi connectivity index (χ2n) is 7.89. The van der Waals surface area contributed by atoms with Crippen LogP contribution in [0.15, 0.2) is 65.6 Å². The van der Waals surface area contributed by atoms with Crippen LogP contribution in [0.4, 0.5) is 10.5 Å². The smallest absolute Gasteiger partial charge is 0.414 e. The Balaban J connectivity index is 1.35. The van der Waals surface area contributed by atoms with Crippen molar-refractivity contribution in [2.45, 2.75) is 37.3 Å². The first-order valence-electron chi connectivity index (χ1n) is 10.3. The number of rotatable bonds is 3. The highest BCUT2D eigenvalue weighted by Crippen LogP contribution is 2.34. The molecule has 2 aliphatic heterocycles. The van der Waals surface area contributed by atoms with Crippen LogP contribution in [0.3, 0.4) is 0 Å². The number of nitrogens with zero attached hydrogens (tertiary/aromatic N) is 2. The Morgan fingerprint density at radius 3 is 2.47 bits per heavy atom. The lowest BCUT2D eigenvalue weighted by Crippen LogP contribution is -2.50. The summed E-state index contributed by atoms with van der Waals surface area (Å²) in [6, 6.07) is 20.1. The minimum atomic E-state index is -1.23. The molecule has 0 radical (unpaired) electrons. The van der Waals surface area contributed by atoms with Gasteiger partial charge < -0.3 is 9.29 Å². The molecule has 1 fully saturated rings. The maximum absolute atomic E-state index is 13.4. The number of carbonyl (C=O) groups excluding carboxylic acids is 1. The van der Waals surface area contributed by atoms with E-state index < -0.39 is 11.4 Å². The molecule has 1 atom stereocenters. The topological polar surface area (TPSA) is 55.8 Å². The van der Waals surface area contributed by atoms with Gasteiger partial charge in [-0.1, -0.05) is 42.5 Å². The molecule has 0 bridgehead atoms. The summed E-state index contributed by atoms with van der Waals surface area (Å²) in [5.74, 6) is 0. The maximum atomic E-state index is 13.4. The Morgan fingerprint density at radius 2 is 1.67 bits per heavy atom. The minimum Gasteiger partial charge on any atom is -0.593 e. The Labute approximate surface area is 179 Å². The van der Waals surface area contributed by atoms with Crippen molar-refractivity contribution in [3.63, 3.8) is 0 Å². The fourth-order valence-corrected chi connectivity index (χ4v) is 5.87. The molecular weight excluding hydrogens is 396 g/mol. The van der Waals surface area contributed by atoms with Gasteiger partial charge in [0.15, 0.2) is 4.90 Å². The molecule has 3 aromatic rings. The maximum Gasteiger partial charge on any atom is 0.414 e. The quantitative estimate of drug-likeness (QED) is 0.572. The number of hydrogen-bond donors (Lipinski definition) is 0. The fourth-order valence-electron chi connectivity index (χ4n) is 4.50. The third kappa shape index (κ3) is 3.35. The van der Waals surface area contributed by atoms with Gasteiger partial charge >= 0.3 is 6.09 Å². The lowest BCUT2D eigenvalue weighted by molar-refractivity contribution is 0.136. The molecule has 1 saturated heterocycles. The molecule has 5 rings (SSSR count). The normalized spacial score (nSPS) is 18.9. The summed E-state index contributed by atoms with van der Waals surface area (Å²) in [5.41, 5.74) is 3.17. The number of carbonyl (C=O) groups is 1. The second kappa shape index (κ2) is 7.95. The molecule has 0 aliphatic carbocycles. The number of para-hydroxylation sites is 1. The molecule has 2 heterocycles. The molecule has 1 amide bonds. The number of benzene rings is 3. The van der Waals surface area contributed by atoms with E-state index in [0.29, 0.717) is 19.7 Å². The van der Waals surface area contributed by atoms with E-state index >= 15 is 0 Å². The average molecular weight is 421 g/mol. The van der Waals surface area contributed by atoms with Gasteiger partial charge in [-0.3, -0.25) is 4.90 Å². The number of cyclic esters (lactones) is 1. The Kier molecular flexibility index (Phi) is 5.15. The number of piperidine rings is 1. The molecule has 2 aliphatic rings. The number of amides is 1. The van der Waals surface area contributed by atoms with Gasteiger partial charge in [-0.25, -0.2) is 4.79 Å². The SMILES string of the molecule is Cc1ccc([S+]([O-])N2CCC(N3C(=O)OCc4ccccc43)CC2)c2ccccc12. The van der Waals surface area contributed by atoms with Crippen LogP contribution >= 0.6 is 0 Å². The van der Waals surface area contributed by atoms with Crippen LogP contribution in [-0.2, 0) is 22.7 Å². The summed E-state index contributed by atoms with van der Waals surface area (Å²) in [7, 11) is 0. The zero-order valence-corrected chi connectivity index (χ0v) is 17.7. The number of hydrogen-bond acceptors (Lipinski definition) is 4. The van der Waals surface area contributed by atoms with Crippen LogP contribution in [-0.4, -0.2) is 34.1 Å². The van der Waals surface area contributed by atoms with Gasteiger partial charge in [0.05, 0.1) is 17.0 Å². The Bertz CT molecular complexity index is 1090. The molecule has 30 heavy (non-hydrogen) atoms. The Morgan fingerprint density at radius 1 is 0.967 bits per heavy atom. The number of anilines is 1. The van der Waals surface area contributed by atoms with Crippen LogP contribution < -0.4 is 4.90 Å². The third-order valence-corrected chi connectivity index (χ3v) is 7.68. The molecule has 0 aromatic heterocycles. The molecule has 3 aromatic carbocycles. The highest BCUT2D eigenvalue weighted by atomic mass is 32.2. The summed E-state index contributed by atoms with van der Waals surface area (Å²) >= 11 is -1.23. The number of ether oxygens (including phenoxy) is 1. The summed E-state index contributed by atoms with van der Waals surface area (Å²) in [5, 5.41) is 2.19. The standard InChI is InChI=1S/C24H24N2O3S/c1-17-10-11-23(21-8-4-3-7-20(17)21)30(28)25-14-12-19(13-15-25)26-22-9-5-2-6-18(22)16-29-24(26)27/h2-11,19H,12-16H2,1H3. The monoisotopic (exact) mass is 420 g/mol. The molecular formula is C24H24N2O3S. The van der Waals surface area contributed by atoms with Crippen LogP contribution in [0.2, 0.25) is 0 Å². The average Bonchev–Trinajstić information content (AvgIpc) is 2.79. The summed E-state index contributed by atoms with van der Waals surface area (Å²) in [4.78, 5) is 15.2. The van der Waals surface area contributed by atoms with Gasteiger partial charge in [0.1, 0.15) is 6.61 Å². The van der Waals surface area contributed by atoms with Gasteiger partial charge in [-0.2, -0.15) is 0 Å². The fraction of sp³-hybridized carbons (Fsp3) is 0.292. The highest BCUT2D eigenvalue weighted by molar-refractivity contribution is 7.89. The minimum absolute atomic E-state index is 0.0574. The largest absolute Gasteiger partial charge is 0.593 e. The van der Waals surface area contributed by atoms with Crippen molar-refractivity contribution in [2.75, 3.05) is 18.0 Å². The lowest BCUT2D eigenvalue weighted by Gasteiger charge is -2.39. The van der Waals surface area contributed by atoms with Gasteiger partial charge in [0.25, 0.3) is 0 Å². The molecule has 6 heteroatoms. The van der Waals surface area contributed by atoms with Crippen LogP contribution in [0.25, 0.3) is 10.8 Å². The molecule has 0 saturated carbocycles. The lowest BCUT2D eigenvalue weighted by atomic mass is 10.0.